The van der Waals surface area contributed by atoms with Gasteiger partial charge < -0.3 is 15.4 Å². The van der Waals surface area contributed by atoms with Gasteiger partial charge in [0.05, 0.1) is 6.61 Å². The van der Waals surface area contributed by atoms with Crippen molar-refractivity contribution in [3.63, 3.8) is 0 Å². The van der Waals surface area contributed by atoms with Gasteiger partial charge in [0.1, 0.15) is 5.75 Å². The van der Waals surface area contributed by atoms with E-state index in [1.54, 1.807) is 0 Å². The van der Waals surface area contributed by atoms with Crippen molar-refractivity contribution >= 4 is 5.69 Å². The molecule has 21 heavy (non-hydrogen) atoms. The predicted octanol–water partition coefficient (Wildman–Crippen LogP) is 4.05. The summed E-state index contributed by atoms with van der Waals surface area (Å²) in [5.41, 5.74) is 1.17. The van der Waals surface area contributed by atoms with E-state index >= 15 is 0 Å². The van der Waals surface area contributed by atoms with E-state index in [4.69, 9.17) is 4.74 Å². The number of rotatable bonds is 7. The maximum absolute atomic E-state index is 5.74. The molecule has 0 amide bonds. The van der Waals surface area contributed by atoms with E-state index < -0.39 is 0 Å². The lowest BCUT2D eigenvalue weighted by atomic mass is 9.99. The Balaban J connectivity index is 1.71. The highest BCUT2D eigenvalue weighted by atomic mass is 16.5. The van der Waals surface area contributed by atoms with Crippen LogP contribution >= 0.6 is 0 Å². The van der Waals surface area contributed by atoms with E-state index in [-0.39, 0.29) is 0 Å². The van der Waals surface area contributed by atoms with Gasteiger partial charge in [-0.2, -0.15) is 0 Å². The minimum absolute atomic E-state index is 0.593. The molecule has 1 aromatic carbocycles. The van der Waals surface area contributed by atoms with Gasteiger partial charge in [-0.15, -0.1) is 0 Å². The van der Waals surface area contributed by atoms with Gasteiger partial charge in [-0.3, -0.25) is 0 Å². The first kappa shape index (κ1) is 16.2. The Morgan fingerprint density at radius 1 is 1.24 bits per heavy atom. The first-order chi connectivity index (χ1) is 10.1. The first-order valence-corrected chi connectivity index (χ1v) is 8.36. The van der Waals surface area contributed by atoms with Gasteiger partial charge in [0.15, 0.2) is 0 Å². The molecule has 0 radical (unpaired) electrons. The zero-order valence-corrected chi connectivity index (χ0v) is 13.7. The molecule has 118 valence electrons. The van der Waals surface area contributed by atoms with Gasteiger partial charge in [0.2, 0.25) is 0 Å². The van der Waals surface area contributed by atoms with Gasteiger partial charge >= 0.3 is 0 Å². The van der Waals surface area contributed by atoms with Crippen LogP contribution in [-0.4, -0.2) is 25.2 Å². The average Bonchev–Trinajstić information content (AvgIpc) is 2.46. The highest BCUT2D eigenvalue weighted by Crippen LogP contribution is 2.18. The SMILES string of the molecule is CC(C)CCOc1ccc(NCC2CCCC(C)N2)cc1. The minimum atomic E-state index is 0.593. The van der Waals surface area contributed by atoms with Crippen LogP contribution in [-0.2, 0) is 0 Å². The lowest BCUT2D eigenvalue weighted by molar-refractivity contribution is 0.289. The van der Waals surface area contributed by atoms with E-state index in [2.05, 4.69) is 55.7 Å². The van der Waals surface area contributed by atoms with Crippen LogP contribution in [0, 0.1) is 5.92 Å². The van der Waals surface area contributed by atoms with Gasteiger partial charge in [0, 0.05) is 24.3 Å². The third-order valence-electron chi connectivity index (χ3n) is 4.08. The normalized spacial score (nSPS) is 22.3. The summed E-state index contributed by atoms with van der Waals surface area (Å²) < 4.78 is 5.74. The molecule has 2 N–H and O–H groups in total. The number of benzene rings is 1. The molecular formula is C18H30N2O. The van der Waals surface area contributed by atoms with E-state index in [0.717, 1.165) is 25.3 Å². The quantitative estimate of drug-likeness (QED) is 0.794. The number of hydrogen-bond acceptors (Lipinski definition) is 3. The van der Waals surface area contributed by atoms with Crippen molar-refractivity contribution < 1.29 is 4.74 Å². The fourth-order valence-corrected chi connectivity index (χ4v) is 2.72. The molecule has 1 aromatic rings. The Kier molecular flexibility index (Phi) is 6.37. The highest BCUT2D eigenvalue weighted by molar-refractivity contribution is 5.46. The van der Waals surface area contributed by atoms with Crippen LogP contribution in [0.3, 0.4) is 0 Å². The molecular weight excluding hydrogens is 260 g/mol. The third-order valence-corrected chi connectivity index (χ3v) is 4.08. The monoisotopic (exact) mass is 290 g/mol. The largest absolute Gasteiger partial charge is 0.494 e. The van der Waals surface area contributed by atoms with E-state index in [1.807, 2.05) is 0 Å². The van der Waals surface area contributed by atoms with E-state index in [9.17, 15) is 0 Å². The number of anilines is 1. The standard InChI is InChI=1S/C18H30N2O/c1-14(2)11-12-21-18-9-7-16(8-10-18)19-13-17-6-4-5-15(3)20-17/h7-10,14-15,17,19-20H,4-6,11-13H2,1-3H3. The molecule has 1 fully saturated rings. The molecule has 0 bridgehead atoms. The van der Waals surface area contributed by atoms with Crippen LogP contribution in [0.5, 0.6) is 5.75 Å². The molecule has 0 aromatic heterocycles. The number of ether oxygens (including phenoxy) is 1. The summed E-state index contributed by atoms with van der Waals surface area (Å²) in [5.74, 6) is 1.65. The molecule has 2 atom stereocenters. The molecule has 3 heteroatoms. The van der Waals surface area contributed by atoms with Crippen LogP contribution in [0.25, 0.3) is 0 Å². The highest BCUT2D eigenvalue weighted by Gasteiger charge is 2.16. The Morgan fingerprint density at radius 3 is 2.67 bits per heavy atom. The zero-order valence-electron chi connectivity index (χ0n) is 13.7. The second kappa shape index (κ2) is 8.28. The van der Waals surface area contributed by atoms with Crippen molar-refractivity contribution in [1.29, 1.82) is 0 Å². The van der Waals surface area contributed by atoms with Crippen LogP contribution in [0.15, 0.2) is 24.3 Å². The Hall–Kier alpha value is -1.22. The minimum Gasteiger partial charge on any atom is -0.494 e. The van der Waals surface area contributed by atoms with Crippen molar-refractivity contribution in [3.8, 4) is 5.75 Å². The Labute approximate surface area is 129 Å². The summed E-state index contributed by atoms with van der Waals surface area (Å²) in [4.78, 5) is 0. The van der Waals surface area contributed by atoms with Crippen molar-refractivity contribution in [3.05, 3.63) is 24.3 Å². The summed E-state index contributed by atoms with van der Waals surface area (Å²) >= 11 is 0. The molecule has 1 aliphatic rings. The first-order valence-electron chi connectivity index (χ1n) is 8.36. The Morgan fingerprint density at radius 2 is 2.00 bits per heavy atom. The third kappa shape index (κ3) is 5.96. The fourth-order valence-electron chi connectivity index (χ4n) is 2.72. The van der Waals surface area contributed by atoms with Gasteiger partial charge in [-0.25, -0.2) is 0 Å². The second-order valence-electron chi connectivity index (χ2n) is 6.63. The maximum Gasteiger partial charge on any atom is 0.119 e. The second-order valence-corrected chi connectivity index (χ2v) is 6.63. The lowest BCUT2D eigenvalue weighted by Crippen LogP contribution is -2.44. The summed E-state index contributed by atoms with van der Waals surface area (Å²) in [6.45, 7) is 8.51. The summed E-state index contributed by atoms with van der Waals surface area (Å²) in [6.07, 6.45) is 5.02. The van der Waals surface area contributed by atoms with E-state index in [1.165, 1.54) is 24.9 Å². The number of hydrogen-bond donors (Lipinski definition) is 2. The smallest absolute Gasteiger partial charge is 0.119 e. The van der Waals surface area contributed by atoms with Crippen LogP contribution < -0.4 is 15.4 Å². The summed E-state index contributed by atoms with van der Waals surface area (Å²) in [5, 5.41) is 7.17. The van der Waals surface area contributed by atoms with E-state index in [0.29, 0.717) is 18.0 Å². The summed E-state index contributed by atoms with van der Waals surface area (Å²) in [6, 6.07) is 9.57. The van der Waals surface area contributed by atoms with Crippen molar-refractivity contribution in [1.82, 2.24) is 5.32 Å². The van der Waals surface area contributed by atoms with Crippen molar-refractivity contribution in [2.45, 2.75) is 58.5 Å². The van der Waals surface area contributed by atoms with Crippen LogP contribution in [0.2, 0.25) is 0 Å². The molecule has 1 saturated heterocycles. The molecule has 2 unspecified atom stereocenters. The molecule has 3 nitrogen and oxygen atoms in total. The Bertz CT molecular complexity index is 402. The maximum atomic E-state index is 5.74. The molecule has 2 rings (SSSR count). The molecule has 0 spiro atoms. The average molecular weight is 290 g/mol. The van der Waals surface area contributed by atoms with Crippen molar-refractivity contribution in [2.24, 2.45) is 5.92 Å². The van der Waals surface area contributed by atoms with Gasteiger partial charge in [-0.1, -0.05) is 20.3 Å². The molecule has 0 saturated carbocycles. The number of nitrogens with one attached hydrogen (secondary N) is 2. The fraction of sp³-hybridized carbons (Fsp3) is 0.667. The molecule has 1 aliphatic heterocycles. The van der Waals surface area contributed by atoms with Gasteiger partial charge in [0.25, 0.3) is 0 Å². The van der Waals surface area contributed by atoms with Gasteiger partial charge in [-0.05, 0) is 56.4 Å². The topological polar surface area (TPSA) is 33.3 Å². The molecule has 0 aliphatic carbocycles. The predicted molar refractivity (Wildman–Crippen MR) is 90.1 cm³/mol. The van der Waals surface area contributed by atoms with Crippen LogP contribution in [0.4, 0.5) is 5.69 Å². The lowest BCUT2D eigenvalue weighted by Gasteiger charge is -2.29. The number of piperidine rings is 1. The van der Waals surface area contributed by atoms with Crippen molar-refractivity contribution in [2.75, 3.05) is 18.5 Å². The zero-order chi connectivity index (χ0) is 15.1. The summed E-state index contributed by atoms with van der Waals surface area (Å²) in [7, 11) is 0. The molecule has 1 heterocycles. The van der Waals surface area contributed by atoms with Crippen LogP contribution in [0.1, 0.15) is 46.5 Å².